The van der Waals surface area contributed by atoms with E-state index in [0.717, 1.165) is 32.8 Å². The van der Waals surface area contributed by atoms with Gasteiger partial charge in [-0.05, 0) is 25.3 Å². The number of ether oxygens (including phenoxy) is 2. The highest BCUT2D eigenvalue weighted by Crippen LogP contribution is 2.28. The Kier molecular flexibility index (Phi) is 6.96. The molecule has 0 spiro atoms. The molecule has 0 heterocycles. The molecule has 4 nitrogen and oxygen atoms in total. The monoisotopic (exact) mass is 230 g/mol. The van der Waals surface area contributed by atoms with Crippen LogP contribution in [0, 0.1) is 5.92 Å². The molecule has 16 heavy (non-hydrogen) atoms. The van der Waals surface area contributed by atoms with Crippen LogP contribution in [0.4, 0.5) is 0 Å². The number of nitrogens with two attached hydrogens (primary N) is 1. The molecule has 1 aliphatic carbocycles. The van der Waals surface area contributed by atoms with Gasteiger partial charge in [0.1, 0.15) is 0 Å². The van der Waals surface area contributed by atoms with Gasteiger partial charge in [0, 0.05) is 33.4 Å². The molecular weight excluding hydrogens is 204 g/mol. The first-order valence-electron chi connectivity index (χ1n) is 6.25. The third kappa shape index (κ3) is 4.01. The standard InChI is InChI=1S/C12H26N2O2/c1-15-8-6-14(7-9-16-2)12-5-3-4-11(12)10-13/h11-12H,3-10,13H2,1-2H3. The zero-order valence-electron chi connectivity index (χ0n) is 10.7. The van der Waals surface area contributed by atoms with Crippen LogP contribution < -0.4 is 5.73 Å². The van der Waals surface area contributed by atoms with E-state index in [2.05, 4.69) is 4.90 Å². The molecule has 96 valence electrons. The summed E-state index contributed by atoms with van der Waals surface area (Å²) < 4.78 is 10.3. The van der Waals surface area contributed by atoms with Crippen molar-refractivity contribution in [2.75, 3.05) is 47.1 Å². The summed E-state index contributed by atoms with van der Waals surface area (Å²) in [6.07, 6.45) is 3.86. The highest BCUT2D eigenvalue weighted by Gasteiger charge is 2.30. The van der Waals surface area contributed by atoms with Crippen molar-refractivity contribution in [2.45, 2.75) is 25.3 Å². The molecule has 2 atom stereocenters. The van der Waals surface area contributed by atoms with Gasteiger partial charge in [0.2, 0.25) is 0 Å². The maximum atomic E-state index is 5.83. The summed E-state index contributed by atoms with van der Waals surface area (Å²) >= 11 is 0. The topological polar surface area (TPSA) is 47.7 Å². The second kappa shape index (κ2) is 8.01. The van der Waals surface area contributed by atoms with Gasteiger partial charge in [0.15, 0.2) is 0 Å². The number of nitrogens with zero attached hydrogens (tertiary/aromatic N) is 1. The van der Waals surface area contributed by atoms with E-state index in [4.69, 9.17) is 15.2 Å². The SMILES string of the molecule is COCCN(CCOC)C1CCCC1CN. The van der Waals surface area contributed by atoms with Crippen LogP contribution in [-0.4, -0.2) is 58.0 Å². The minimum absolute atomic E-state index is 0.635. The lowest BCUT2D eigenvalue weighted by atomic mass is 10.0. The average molecular weight is 230 g/mol. The third-order valence-corrected chi connectivity index (χ3v) is 3.56. The first-order valence-corrected chi connectivity index (χ1v) is 6.25. The van der Waals surface area contributed by atoms with E-state index in [1.165, 1.54) is 19.3 Å². The van der Waals surface area contributed by atoms with Crippen LogP contribution in [0.25, 0.3) is 0 Å². The molecule has 1 saturated carbocycles. The number of methoxy groups -OCH3 is 2. The van der Waals surface area contributed by atoms with E-state index in [9.17, 15) is 0 Å². The summed E-state index contributed by atoms with van der Waals surface area (Å²) in [6.45, 7) is 4.36. The van der Waals surface area contributed by atoms with Gasteiger partial charge in [-0.2, -0.15) is 0 Å². The smallest absolute Gasteiger partial charge is 0.0589 e. The predicted octanol–water partition coefficient (Wildman–Crippen LogP) is 0.709. The van der Waals surface area contributed by atoms with Gasteiger partial charge in [-0.3, -0.25) is 4.90 Å². The zero-order valence-corrected chi connectivity index (χ0v) is 10.7. The molecule has 0 aliphatic heterocycles. The van der Waals surface area contributed by atoms with E-state index < -0.39 is 0 Å². The molecule has 1 rings (SSSR count). The molecule has 0 saturated heterocycles. The van der Waals surface area contributed by atoms with Gasteiger partial charge < -0.3 is 15.2 Å². The minimum Gasteiger partial charge on any atom is -0.383 e. The Morgan fingerprint density at radius 3 is 2.25 bits per heavy atom. The highest BCUT2D eigenvalue weighted by atomic mass is 16.5. The van der Waals surface area contributed by atoms with Crippen LogP contribution >= 0.6 is 0 Å². The molecule has 0 bridgehead atoms. The third-order valence-electron chi connectivity index (χ3n) is 3.56. The minimum atomic E-state index is 0.635. The largest absolute Gasteiger partial charge is 0.383 e. The fourth-order valence-corrected chi connectivity index (χ4v) is 2.63. The Morgan fingerprint density at radius 2 is 1.75 bits per heavy atom. The molecule has 0 aromatic carbocycles. The summed E-state index contributed by atoms with van der Waals surface area (Å²) in [7, 11) is 3.51. The lowest BCUT2D eigenvalue weighted by Crippen LogP contribution is -2.43. The average Bonchev–Trinajstić information content (AvgIpc) is 2.77. The fourth-order valence-electron chi connectivity index (χ4n) is 2.63. The quantitative estimate of drug-likeness (QED) is 0.667. The lowest BCUT2D eigenvalue weighted by Gasteiger charge is -2.32. The molecular formula is C12H26N2O2. The molecule has 2 unspecified atom stereocenters. The Morgan fingerprint density at radius 1 is 1.12 bits per heavy atom. The number of hydrogen-bond donors (Lipinski definition) is 1. The molecule has 0 amide bonds. The van der Waals surface area contributed by atoms with Crippen LogP contribution in [-0.2, 0) is 9.47 Å². The summed E-state index contributed by atoms with van der Waals surface area (Å²) in [5, 5.41) is 0. The van der Waals surface area contributed by atoms with Gasteiger partial charge in [0.05, 0.1) is 13.2 Å². The van der Waals surface area contributed by atoms with Gasteiger partial charge in [-0.25, -0.2) is 0 Å². The Labute approximate surface area is 99.1 Å². The lowest BCUT2D eigenvalue weighted by molar-refractivity contribution is 0.0754. The van der Waals surface area contributed by atoms with E-state index >= 15 is 0 Å². The van der Waals surface area contributed by atoms with E-state index in [0.29, 0.717) is 12.0 Å². The zero-order chi connectivity index (χ0) is 11.8. The van der Waals surface area contributed by atoms with Crippen molar-refractivity contribution >= 4 is 0 Å². The van der Waals surface area contributed by atoms with E-state index in [-0.39, 0.29) is 0 Å². The van der Waals surface area contributed by atoms with E-state index in [1.54, 1.807) is 14.2 Å². The Balaban J connectivity index is 2.45. The van der Waals surface area contributed by atoms with Crippen molar-refractivity contribution in [1.82, 2.24) is 4.90 Å². The first-order chi connectivity index (χ1) is 7.83. The van der Waals surface area contributed by atoms with Crippen molar-refractivity contribution in [3.63, 3.8) is 0 Å². The normalized spacial score (nSPS) is 25.5. The molecule has 4 heteroatoms. The number of rotatable bonds is 8. The Bertz CT molecular complexity index is 170. The van der Waals surface area contributed by atoms with Crippen molar-refractivity contribution in [1.29, 1.82) is 0 Å². The summed E-state index contributed by atoms with van der Waals surface area (Å²) in [5.74, 6) is 0.661. The van der Waals surface area contributed by atoms with Crippen molar-refractivity contribution in [3.05, 3.63) is 0 Å². The fraction of sp³-hybridized carbons (Fsp3) is 1.00. The second-order valence-corrected chi connectivity index (χ2v) is 4.52. The summed E-state index contributed by atoms with van der Waals surface area (Å²) in [6, 6.07) is 0.635. The van der Waals surface area contributed by atoms with Crippen LogP contribution in [0.15, 0.2) is 0 Å². The highest BCUT2D eigenvalue weighted by molar-refractivity contribution is 4.85. The predicted molar refractivity (Wildman–Crippen MR) is 65.5 cm³/mol. The summed E-state index contributed by atoms with van der Waals surface area (Å²) in [5.41, 5.74) is 5.83. The van der Waals surface area contributed by atoms with Crippen molar-refractivity contribution in [2.24, 2.45) is 11.7 Å². The van der Waals surface area contributed by atoms with Gasteiger partial charge >= 0.3 is 0 Å². The molecule has 0 aromatic heterocycles. The molecule has 0 radical (unpaired) electrons. The van der Waals surface area contributed by atoms with Crippen molar-refractivity contribution in [3.8, 4) is 0 Å². The van der Waals surface area contributed by atoms with Gasteiger partial charge in [0.25, 0.3) is 0 Å². The molecule has 2 N–H and O–H groups in total. The van der Waals surface area contributed by atoms with Crippen LogP contribution in [0.2, 0.25) is 0 Å². The van der Waals surface area contributed by atoms with Gasteiger partial charge in [-0.1, -0.05) is 6.42 Å². The Hall–Kier alpha value is -0.160. The maximum Gasteiger partial charge on any atom is 0.0589 e. The molecule has 0 aromatic rings. The van der Waals surface area contributed by atoms with Crippen LogP contribution in [0.3, 0.4) is 0 Å². The maximum absolute atomic E-state index is 5.83. The molecule has 1 fully saturated rings. The van der Waals surface area contributed by atoms with E-state index in [1.807, 2.05) is 0 Å². The van der Waals surface area contributed by atoms with Crippen LogP contribution in [0.5, 0.6) is 0 Å². The molecule has 1 aliphatic rings. The second-order valence-electron chi connectivity index (χ2n) is 4.52. The van der Waals surface area contributed by atoms with Gasteiger partial charge in [-0.15, -0.1) is 0 Å². The number of hydrogen-bond acceptors (Lipinski definition) is 4. The summed E-state index contributed by atoms with van der Waals surface area (Å²) in [4.78, 5) is 2.48. The van der Waals surface area contributed by atoms with Crippen LogP contribution in [0.1, 0.15) is 19.3 Å². The van der Waals surface area contributed by atoms with Crippen molar-refractivity contribution < 1.29 is 9.47 Å². The first kappa shape index (κ1) is 13.9.